The van der Waals surface area contributed by atoms with Crippen molar-refractivity contribution < 1.29 is 4.42 Å². The van der Waals surface area contributed by atoms with E-state index < -0.39 is 0 Å². The number of aromatic nitrogens is 1. The van der Waals surface area contributed by atoms with Gasteiger partial charge >= 0.3 is 0 Å². The van der Waals surface area contributed by atoms with Crippen LogP contribution in [0.4, 0.5) is 0 Å². The van der Waals surface area contributed by atoms with E-state index in [1.54, 1.807) is 24.6 Å². The smallest absolute Gasteiger partial charge is 0.226 e. The summed E-state index contributed by atoms with van der Waals surface area (Å²) in [6.45, 7) is 1.27. The highest BCUT2D eigenvalue weighted by Crippen LogP contribution is 2.19. The van der Waals surface area contributed by atoms with Crippen LogP contribution in [-0.2, 0) is 13.1 Å². The Morgan fingerprint density at radius 2 is 2.00 bits per heavy atom. The minimum atomic E-state index is 0. The largest absolute Gasteiger partial charge is 0.444 e. The molecule has 0 spiro atoms. The number of hydrogen-bond donors (Lipinski definition) is 2. The molecule has 0 amide bonds. The number of aliphatic imine (C=N–C) groups is 1. The van der Waals surface area contributed by atoms with Crippen LogP contribution in [0.3, 0.4) is 0 Å². The third-order valence-electron chi connectivity index (χ3n) is 3.28. The van der Waals surface area contributed by atoms with Crippen LogP contribution in [0.5, 0.6) is 0 Å². The second-order valence-corrected chi connectivity index (χ2v) is 6.93. The normalized spacial score (nSPS) is 11.0. The van der Waals surface area contributed by atoms with Gasteiger partial charge in [-0.25, -0.2) is 4.98 Å². The first-order valence-corrected chi connectivity index (χ1v) is 9.09. The second-order valence-electron chi connectivity index (χ2n) is 5.02. The molecule has 0 saturated heterocycles. The predicted molar refractivity (Wildman–Crippen MR) is 116 cm³/mol. The lowest BCUT2D eigenvalue weighted by Gasteiger charge is -2.09. The first-order chi connectivity index (χ1) is 11.7. The van der Waals surface area contributed by atoms with Crippen molar-refractivity contribution in [2.75, 3.05) is 7.05 Å². The number of halogens is 2. The first-order valence-electron chi connectivity index (χ1n) is 7.42. The molecule has 2 heterocycles. The van der Waals surface area contributed by atoms with E-state index in [0.29, 0.717) is 12.4 Å². The zero-order valence-electron chi connectivity index (χ0n) is 13.5. The Labute approximate surface area is 176 Å². The van der Waals surface area contributed by atoms with Crippen LogP contribution in [0.15, 0.2) is 61.9 Å². The number of nitrogens with one attached hydrogen (secondary N) is 2. The topological polar surface area (TPSA) is 62.5 Å². The van der Waals surface area contributed by atoms with Gasteiger partial charge in [0.2, 0.25) is 5.89 Å². The molecule has 0 radical (unpaired) electrons. The van der Waals surface area contributed by atoms with Gasteiger partial charge in [-0.15, -0.1) is 35.3 Å². The molecule has 0 saturated carbocycles. The summed E-state index contributed by atoms with van der Waals surface area (Å²) in [6.07, 6.45) is 1.67. The molecule has 0 unspecified atom stereocenters. The van der Waals surface area contributed by atoms with Gasteiger partial charge in [0, 0.05) is 27.3 Å². The Hall–Kier alpha value is -1.39. The van der Waals surface area contributed by atoms with Gasteiger partial charge in [0.15, 0.2) is 5.96 Å². The lowest BCUT2D eigenvalue weighted by Crippen LogP contribution is -2.36. The maximum Gasteiger partial charge on any atom is 0.226 e. The van der Waals surface area contributed by atoms with E-state index in [0.717, 1.165) is 28.2 Å². The van der Waals surface area contributed by atoms with Gasteiger partial charge in [0.05, 0.1) is 18.8 Å². The zero-order valence-corrected chi connectivity index (χ0v) is 18.3. The molecule has 1 aromatic carbocycles. The number of guanidine groups is 1. The number of oxazole rings is 1. The van der Waals surface area contributed by atoms with Crippen LogP contribution in [0.25, 0.3) is 11.5 Å². The third-order valence-corrected chi connectivity index (χ3v) is 4.98. The van der Waals surface area contributed by atoms with Gasteiger partial charge in [-0.3, -0.25) is 4.99 Å². The van der Waals surface area contributed by atoms with Crippen molar-refractivity contribution in [1.29, 1.82) is 0 Å². The zero-order chi connectivity index (χ0) is 16.8. The van der Waals surface area contributed by atoms with Crippen LogP contribution >= 0.6 is 51.2 Å². The molecule has 0 aliphatic carbocycles. The average Bonchev–Trinajstić information content (AvgIpc) is 3.25. The fraction of sp³-hybridized carbons (Fsp3) is 0.176. The first kappa shape index (κ1) is 19.9. The molecule has 2 N–H and O–H groups in total. The van der Waals surface area contributed by atoms with E-state index in [4.69, 9.17) is 4.42 Å². The standard InChI is InChI=1S/C17H17BrN4OS.HI/c1-19-17(21-9-15-7-13(18)11-24-15)20-8-14-10-23-16(22-14)12-5-3-2-4-6-12;/h2-7,10-11H,8-9H2,1H3,(H2,19,20,21);1H. The SMILES string of the molecule is CN=C(NCc1coc(-c2ccccc2)n1)NCc1cc(Br)cs1.I. The van der Waals surface area contributed by atoms with Crippen LogP contribution in [0, 0.1) is 0 Å². The molecule has 5 nitrogen and oxygen atoms in total. The lowest BCUT2D eigenvalue weighted by atomic mass is 10.2. The van der Waals surface area contributed by atoms with E-state index >= 15 is 0 Å². The Bertz CT molecular complexity index is 819. The van der Waals surface area contributed by atoms with E-state index in [1.807, 2.05) is 30.3 Å². The lowest BCUT2D eigenvalue weighted by molar-refractivity contribution is 0.572. The van der Waals surface area contributed by atoms with Crippen LogP contribution < -0.4 is 10.6 Å². The van der Waals surface area contributed by atoms with E-state index in [9.17, 15) is 0 Å². The fourth-order valence-corrected chi connectivity index (χ4v) is 3.50. The Morgan fingerprint density at radius 1 is 1.24 bits per heavy atom. The quantitative estimate of drug-likeness (QED) is 0.285. The Morgan fingerprint density at radius 3 is 2.68 bits per heavy atom. The maximum atomic E-state index is 5.53. The number of thiophene rings is 1. The van der Waals surface area contributed by atoms with Gasteiger partial charge in [0.1, 0.15) is 6.26 Å². The van der Waals surface area contributed by atoms with Gasteiger partial charge in [0.25, 0.3) is 0 Å². The summed E-state index contributed by atoms with van der Waals surface area (Å²) in [5.74, 6) is 1.35. The van der Waals surface area contributed by atoms with Crippen molar-refractivity contribution in [3.63, 3.8) is 0 Å². The van der Waals surface area contributed by atoms with Crippen LogP contribution in [0.1, 0.15) is 10.6 Å². The molecule has 25 heavy (non-hydrogen) atoms. The van der Waals surface area contributed by atoms with Crippen molar-refractivity contribution >= 4 is 57.2 Å². The van der Waals surface area contributed by atoms with Crippen molar-refractivity contribution in [3.8, 4) is 11.5 Å². The summed E-state index contributed by atoms with van der Waals surface area (Å²) in [4.78, 5) is 9.95. The van der Waals surface area contributed by atoms with Crippen molar-refractivity contribution in [2.24, 2.45) is 4.99 Å². The van der Waals surface area contributed by atoms with Crippen molar-refractivity contribution in [2.45, 2.75) is 13.1 Å². The number of nitrogens with zero attached hydrogens (tertiary/aromatic N) is 2. The molecule has 3 rings (SSSR count). The molecule has 8 heteroatoms. The summed E-state index contributed by atoms with van der Waals surface area (Å²) in [5.41, 5.74) is 1.80. The van der Waals surface area contributed by atoms with E-state index in [1.165, 1.54) is 4.88 Å². The van der Waals surface area contributed by atoms with Crippen LogP contribution in [0.2, 0.25) is 0 Å². The molecule has 0 aliphatic heterocycles. The molecule has 132 valence electrons. The third kappa shape index (κ3) is 5.82. The molecular formula is C17H18BrIN4OS. The molecule has 2 aromatic heterocycles. The Kier molecular flexibility index (Phi) is 7.91. The van der Waals surface area contributed by atoms with E-state index in [-0.39, 0.29) is 24.0 Å². The van der Waals surface area contributed by atoms with Crippen LogP contribution in [-0.4, -0.2) is 18.0 Å². The molecule has 0 fully saturated rings. The maximum absolute atomic E-state index is 5.53. The van der Waals surface area contributed by atoms with Gasteiger partial charge in [-0.05, 0) is 34.1 Å². The molecule has 0 atom stereocenters. The highest BCUT2D eigenvalue weighted by Gasteiger charge is 2.07. The van der Waals surface area contributed by atoms with Gasteiger partial charge in [-0.1, -0.05) is 18.2 Å². The van der Waals surface area contributed by atoms with E-state index in [2.05, 4.69) is 48.0 Å². The van der Waals surface area contributed by atoms with Gasteiger partial charge in [-0.2, -0.15) is 0 Å². The summed E-state index contributed by atoms with van der Waals surface area (Å²) in [7, 11) is 1.75. The molecule has 3 aromatic rings. The van der Waals surface area contributed by atoms with Gasteiger partial charge < -0.3 is 15.1 Å². The van der Waals surface area contributed by atoms with Crippen molar-refractivity contribution in [3.05, 3.63) is 63.1 Å². The predicted octanol–water partition coefficient (Wildman–Crippen LogP) is 4.65. The molecule has 0 aliphatic rings. The highest BCUT2D eigenvalue weighted by molar-refractivity contribution is 14.0. The number of hydrogen-bond acceptors (Lipinski definition) is 4. The molecule has 0 bridgehead atoms. The fourth-order valence-electron chi connectivity index (χ4n) is 2.11. The second kappa shape index (κ2) is 9.93. The number of rotatable bonds is 5. The summed E-state index contributed by atoms with van der Waals surface area (Å²) in [6, 6.07) is 11.9. The highest BCUT2D eigenvalue weighted by atomic mass is 127. The minimum Gasteiger partial charge on any atom is -0.444 e. The molecular weight excluding hydrogens is 515 g/mol. The minimum absolute atomic E-state index is 0. The van der Waals surface area contributed by atoms with Crippen molar-refractivity contribution in [1.82, 2.24) is 15.6 Å². The summed E-state index contributed by atoms with van der Waals surface area (Å²) in [5, 5.41) is 8.58. The number of benzene rings is 1. The average molecular weight is 533 g/mol. The monoisotopic (exact) mass is 532 g/mol. The summed E-state index contributed by atoms with van der Waals surface area (Å²) < 4.78 is 6.63. The Balaban J connectivity index is 0.00000225. The summed E-state index contributed by atoms with van der Waals surface area (Å²) >= 11 is 5.16.